The topological polar surface area (TPSA) is 29.9 Å². The lowest BCUT2D eigenvalue weighted by atomic mass is 9.77. The zero-order valence-electron chi connectivity index (χ0n) is 20.7. The van der Waals surface area contributed by atoms with Gasteiger partial charge in [0.2, 0.25) is 0 Å². The summed E-state index contributed by atoms with van der Waals surface area (Å²) in [5, 5.41) is 3.58. The molecule has 0 atom stereocenters. The molecule has 34 heavy (non-hydrogen) atoms. The first-order valence-electron chi connectivity index (χ1n) is 12.4. The third-order valence-electron chi connectivity index (χ3n) is 6.36. The molecule has 1 N–H and O–H groups in total. The van der Waals surface area contributed by atoms with E-state index in [1.807, 2.05) is 6.33 Å². The van der Waals surface area contributed by atoms with Crippen molar-refractivity contribution in [3.05, 3.63) is 126 Å². The van der Waals surface area contributed by atoms with E-state index in [9.17, 15) is 0 Å². The quantitative estimate of drug-likeness (QED) is 0.212. The van der Waals surface area contributed by atoms with Gasteiger partial charge in [0.15, 0.2) is 0 Å². The molecular weight excluding hydrogens is 414 g/mol. The fraction of sp³-hybridized carbons (Fsp3) is 0.323. The molecule has 3 aromatic carbocycles. The van der Waals surface area contributed by atoms with Crippen molar-refractivity contribution in [2.45, 2.75) is 57.5 Å². The van der Waals surface area contributed by atoms with Gasteiger partial charge in [-0.05, 0) is 63.3 Å². The Kier molecular flexibility index (Phi) is 7.64. The van der Waals surface area contributed by atoms with Crippen LogP contribution < -0.4 is 5.32 Å². The van der Waals surface area contributed by atoms with E-state index in [1.165, 1.54) is 29.5 Å². The van der Waals surface area contributed by atoms with Crippen molar-refractivity contribution in [2.24, 2.45) is 0 Å². The molecule has 0 radical (unpaired) electrons. The monoisotopic (exact) mass is 451 g/mol. The van der Waals surface area contributed by atoms with Crippen LogP contribution in [0.1, 0.15) is 62.4 Å². The lowest BCUT2D eigenvalue weighted by Crippen LogP contribution is -2.36. The van der Waals surface area contributed by atoms with Crippen LogP contribution in [0.4, 0.5) is 0 Å². The lowest BCUT2D eigenvalue weighted by molar-refractivity contribution is 0.417. The largest absolute Gasteiger partial charge is 0.319 e. The second kappa shape index (κ2) is 10.8. The van der Waals surface area contributed by atoms with Crippen LogP contribution in [0.2, 0.25) is 0 Å². The van der Waals surface area contributed by atoms with E-state index in [0.717, 1.165) is 25.1 Å². The molecule has 4 aromatic rings. The first-order chi connectivity index (χ1) is 16.5. The molecule has 0 unspecified atom stereocenters. The Bertz CT molecular complexity index is 1030. The number of hydrogen-bond acceptors (Lipinski definition) is 2. The van der Waals surface area contributed by atoms with E-state index < -0.39 is 5.54 Å². The Morgan fingerprint density at radius 3 is 1.65 bits per heavy atom. The minimum absolute atomic E-state index is 0.189. The van der Waals surface area contributed by atoms with Crippen LogP contribution in [-0.4, -0.2) is 21.6 Å². The van der Waals surface area contributed by atoms with Crippen molar-refractivity contribution in [1.82, 2.24) is 14.9 Å². The SMILES string of the molecule is CC(C)(C)NCCCCCc1cn(C(c2ccccc2)(c2ccccc2)c2ccccc2)cn1. The zero-order valence-corrected chi connectivity index (χ0v) is 20.7. The Hall–Kier alpha value is -3.17. The van der Waals surface area contributed by atoms with Gasteiger partial charge in [0.05, 0.1) is 12.0 Å². The molecule has 0 saturated heterocycles. The van der Waals surface area contributed by atoms with E-state index in [1.54, 1.807) is 0 Å². The molecule has 0 bridgehead atoms. The fourth-order valence-corrected chi connectivity index (χ4v) is 4.73. The van der Waals surface area contributed by atoms with Crippen molar-refractivity contribution in [3.63, 3.8) is 0 Å². The second-order valence-corrected chi connectivity index (χ2v) is 10.1. The van der Waals surface area contributed by atoms with Crippen LogP contribution in [0.5, 0.6) is 0 Å². The normalized spacial score (nSPS) is 12.1. The zero-order chi connectivity index (χ0) is 23.9. The third kappa shape index (κ3) is 5.48. The molecule has 1 aromatic heterocycles. The van der Waals surface area contributed by atoms with E-state index in [2.05, 4.69) is 128 Å². The summed E-state index contributed by atoms with van der Waals surface area (Å²) in [6.45, 7) is 7.73. The van der Waals surface area contributed by atoms with Crippen LogP contribution in [0.15, 0.2) is 104 Å². The number of aromatic nitrogens is 2. The first kappa shape index (κ1) is 24.0. The Balaban J connectivity index is 1.64. The molecule has 0 amide bonds. The maximum Gasteiger partial charge on any atom is 0.121 e. The molecule has 0 aliphatic rings. The molecule has 0 spiro atoms. The number of nitrogens with one attached hydrogen (secondary N) is 1. The predicted octanol–water partition coefficient (Wildman–Crippen LogP) is 6.82. The van der Waals surface area contributed by atoms with Crippen LogP contribution >= 0.6 is 0 Å². The molecule has 3 nitrogen and oxygen atoms in total. The van der Waals surface area contributed by atoms with Gasteiger partial charge in [-0.3, -0.25) is 0 Å². The highest BCUT2D eigenvalue weighted by molar-refractivity contribution is 5.50. The number of unbranched alkanes of at least 4 members (excludes halogenated alkanes) is 2. The average Bonchev–Trinajstić information content (AvgIpc) is 3.32. The van der Waals surface area contributed by atoms with Gasteiger partial charge in [-0.1, -0.05) is 97.4 Å². The highest BCUT2D eigenvalue weighted by Gasteiger charge is 2.38. The van der Waals surface area contributed by atoms with Crippen molar-refractivity contribution >= 4 is 0 Å². The van der Waals surface area contributed by atoms with Crippen LogP contribution in [0, 0.1) is 0 Å². The number of rotatable bonds is 10. The van der Waals surface area contributed by atoms with E-state index in [4.69, 9.17) is 4.98 Å². The van der Waals surface area contributed by atoms with Crippen molar-refractivity contribution in [1.29, 1.82) is 0 Å². The molecule has 3 heteroatoms. The second-order valence-electron chi connectivity index (χ2n) is 10.1. The third-order valence-corrected chi connectivity index (χ3v) is 6.36. The van der Waals surface area contributed by atoms with Crippen molar-refractivity contribution in [3.8, 4) is 0 Å². The van der Waals surface area contributed by atoms with Crippen molar-refractivity contribution in [2.75, 3.05) is 6.54 Å². The molecule has 0 aliphatic heterocycles. The lowest BCUT2D eigenvalue weighted by Gasteiger charge is -2.37. The summed E-state index contributed by atoms with van der Waals surface area (Å²) >= 11 is 0. The van der Waals surface area contributed by atoms with Gasteiger partial charge in [0, 0.05) is 11.7 Å². The van der Waals surface area contributed by atoms with E-state index in [-0.39, 0.29) is 5.54 Å². The van der Waals surface area contributed by atoms with Crippen LogP contribution in [0.3, 0.4) is 0 Å². The summed E-state index contributed by atoms with van der Waals surface area (Å²) in [6.07, 6.45) is 8.82. The fourth-order valence-electron chi connectivity index (χ4n) is 4.73. The van der Waals surface area contributed by atoms with Gasteiger partial charge >= 0.3 is 0 Å². The van der Waals surface area contributed by atoms with Gasteiger partial charge in [-0.25, -0.2) is 4.98 Å². The Labute approximate surface area is 204 Å². The summed E-state index contributed by atoms with van der Waals surface area (Å²) in [5.41, 5.74) is 4.54. The van der Waals surface area contributed by atoms with Gasteiger partial charge in [0.25, 0.3) is 0 Å². The summed E-state index contributed by atoms with van der Waals surface area (Å²) in [5.74, 6) is 0. The minimum atomic E-state index is -0.480. The number of nitrogens with zero attached hydrogens (tertiary/aromatic N) is 2. The molecule has 0 fully saturated rings. The number of hydrogen-bond donors (Lipinski definition) is 1. The highest BCUT2D eigenvalue weighted by atomic mass is 15.1. The van der Waals surface area contributed by atoms with Gasteiger partial charge < -0.3 is 9.88 Å². The molecule has 4 rings (SSSR count). The number of benzene rings is 3. The number of imidazole rings is 1. The van der Waals surface area contributed by atoms with Gasteiger partial charge in [0.1, 0.15) is 5.54 Å². The van der Waals surface area contributed by atoms with Crippen molar-refractivity contribution < 1.29 is 0 Å². The van der Waals surface area contributed by atoms with Crippen LogP contribution in [-0.2, 0) is 12.0 Å². The van der Waals surface area contributed by atoms with Gasteiger partial charge in [-0.2, -0.15) is 0 Å². The number of aryl methyl sites for hydroxylation is 1. The first-order valence-corrected chi connectivity index (χ1v) is 12.4. The van der Waals surface area contributed by atoms with E-state index in [0.29, 0.717) is 0 Å². The molecule has 1 heterocycles. The highest BCUT2D eigenvalue weighted by Crippen LogP contribution is 2.40. The summed E-state index contributed by atoms with van der Waals surface area (Å²) < 4.78 is 2.31. The smallest absolute Gasteiger partial charge is 0.121 e. The summed E-state index contributed by atoms with van der Waals surface area (Å²) in [6, 6.07) is 32.3. The maximum absolute atomic E-state index is 4.86. The van der Waals surface area contributed by atoms with Crippen LogP contribution in [0.25, 0.3) is 0 Å². The standard InChI is InChI=1S/C31H37N3/c1-30(2,3)33-23-15-7-14-22-29-24-34(25-32-29)31(26-16-8-4-9-17-26,27-18-10-5-11-19-27)28-20-12-6-13-21-28/h4-6,8-13,16-21,24-25,33H,7,14-15,22-23H2,1-3H3. The molecular formula is C31H37N3. The minimum Gasteiger partial charge on any atom is -0.319 e. The van der Waals surface area contributed by atoms with E-state index >= 15 is 0 Å². The summed E-state index contributed by atoms with van der Waals surface area (Å²) in [7, 11) is 0. The average molecular weight is 452 g/mol. The Morgan fingerprint density at radius 1 is 0.676 bits per heavy atom. The Morgan fingerprint density at radius 2 is 1.18 bits per heavy atom. The maximum atomic E-state index is 4.86. The van der Waals surface area contributed by atoms with Gasteiger partial charge in [-0.15, -0.1) is 0 Å². The summed E-state index contributed by atoms with van der Waals surface area (Å²) in [4.78, 5) is 4.86. The molecule has 0 aliphatic carbocycles. The predicted molar refractivity (Wildman–Crippen MR) is 142 cm³/mol. The molecule has 176 valence electrons. The molecule has 0 saturated carbocycles.